The Hall–Kier alpha value is -2.46. The van der Waals surface area contributed by atoms with E-state index in [9.17, 15) is 22.8 Å². The molecule has 0 aliphatic carbocycles. The average molecular weight is 409 g/mol. The molecule has 0 unspecified atom stereocenters. The SMILES string of the molecule is CCOC(=O)c1ccc(S(=O)(=O)N2CCC([C@]3(C)NC(=O)NC3=O)CC2)cc1. The van der Waals surface area contributed by atoms with E-state index in [0.717, 1.165) is 0 Å². The van der Waals surface area contributed by atoms with Crippen molar-refractivity contribution < 1.29 is 27.5 Å². The van der Waals surface area contributed by atoms with Crippen molar-refractivity contribution in [2.45, 2.75) is 37.1 Å². The number of ether oxygens (including phenoxy) is 1. The van der Waals surface area contributed by atoms with Gasteiger partial charge in [-0.25, -0.2) is 18.0 Å². The molecule has 2 fully saturated rings. The zero-order chi connectivity index (χ0) is 20.5. The number of carbonyl (C=O) groups excluding carboxylic acids is 3. The molecule has 0 bridgehead atoms. The number of sulfonamides is 1. The third-order valence-electron chi connectivity index (χ3n) is 5.35. The van der Waals surface area contributed by atoms with Crippen LogP contribution in [0.4, 0.5) is 4.79 Å². The minimum atomic E-state index is -3.71. The van der Waals surface area contributed by atoms with Crippen LogP contribution in [0.25, 0.3) is 0 Å². The fourth-order valence-electron chi connectivity index (χ4n) is 3.64. The number of hydrogen-bond acceptors (Lipinski definition) is 6. The molecular formula is C18H23N3O6S. The lowest BCUT2D eigenvalue weighted by Gasteiger charge is -2.38. The summed E-state index contributed by atoms with van der Waals surface area (Å²) in [4.78, 5) is 35.3. The van der Waals surface area contributed by atoms with E-state index in [1.54, 1.807) is 13.8 Å². The van der Waals surface area contributed by atoms with Crippen LogP contribution >= 0.6 is 0 Å². The number of esters is 1. The maximum absolute atomic E-state index is 12.9. The molecular weight excluding hydrogens is 386 g/mol. The summed E-state index contributed by atoms with van der Waals surface area (Å²) < 4.78 is 32.0. The van der Waals surface area contributed by atoms with Gasteiger partial charge in [-0.1, -0.05) is 0 Å². The van der Waals surface area contributed by atoms with Gasteiger partial charge in [0.25, 0.3) is 5.91 Å². The highest BCUT2D eigenvalue weighted by Crippen LogP contribution is 2.32. The van der Waals surface area contributed by atoms with Gasteiger partial charge in [0.2, 0.25) is 10.0 Å². The first-order valence-corrected chi connectivity index (χ1v) is 10.5. The number of nitrogens with one attached hydrogen (secondary N) is 2. The van der Waals surface area contributed by atoms with E-state index in [0.29, 0.717) is 12.8 Å². The number of amides is 3. The van der Waals surface area contributed by atoms with Gasteiger partial charge in [0.1, 0.15) is 5.54 Å². The zero-order valence-corrected chi connectivity index (χ0v) is 16.5. The molecule has 2 N–H and O–H groups in total. The van der Waals surface area contributed by atoms with Crippen molar-refractivity contribution in [1.82, 2.24) is 14.9 Å². The lowest BCUT2D eigenvalue weighted by Crippen LogP contribution is -2.54. The van der Waals surface area contributed by atoms with E-state index in [1.807, 2.05) is 0 Å². The van der Waals surface area contributed by atoms with Gasteiger partial charge in [-0.3, -0.25) is 10.1 Å². The second-order valence-corrected chi connectivity index (χ2v) is 8.97. The molecule has 28 heavy (non-hydrogen) atoms. The minimum absolute atomic E-state index is 0.0946. The van der Waals surface area contributed by atoms with Crippen LogP contribution in [0.1, 0.15) is 37.0 Å². The van der Waals surface area contributed by atoms with Gasteiger partial charge in [0, 0.05) is 13.1 Å². The van der Waals surface area contributed by atoms with Crippen LogP contribution in [0.15, 0.2) is 29.2 Å². The summed E-state index contributed by atoms with van der Waals surface area (Å²) in [5.41, 5.74) is -0.732. The number of urea groups is 1. The monoisotopic (exact) mass is 409 g/mol. The molecule has 1 aromatic rings. The van der Waals surface area contributed by atoms with Crippen molar-refractivity contribution in [2.75, 3.05) is 19.7 Å². The van der Waals surface area contributed by atoms with E-state index in [-0.39, 0.29) is 42.0 Å². The molecule has 3 amide bonds. The molecule has 1 atom stereocenters. The fraction of sp³-hybridized carbons (Fsp3) is 0.500. The Bertz CT molecular complexity index is 890. The number of carbonyl (C=O) groups is 3. The smallest absolute Gasteiger partial charge is 0.338 e. The molecule has 2 heterocycles. The summed E-state index contributed by atoms with van der Waals surface area (Å²) in [6.45, 7) is 4.08. The van der Waals surface area contributed by atoms with Gasteiger partial charge in [-0.2, -0.15) is 4.31 Å². The van der Waals surface area contributed by atoms with E-state index in [2.05, 4.69) is 10.6 Å². The van der Waals surface area contributed by atoms with Crippen molar-refractivity contribution >= 4 is 27.9 Å². The van der Waals surface area contributed by atoms with Crippen molar-refractivity contribution in [3.8, 4) is 0 Å². The van der Waals surface area contributed by atoms with E-state index < -0.39 is 27.6 Å². The van der Waals surface area contributed by atoms with Crippen molar-refractivity contribution in [1.29, 1.82) is 0 Å². The van der Waals surface area contributed by atoms with Gasteiger partial charge >= 0.3 is 12.0 Å². The Morgan fingerprint density at radius 1 is 1.21 bits per heavy atom. The van der Waals surface area contributed by atoms with Crippen molar-refractivity contribution in [3.63, 3.8) is 0 Å². The normalized spacial score (nSPS) is 23.9. The maximum Gasteiger partial charge on any atom is 0.338 e. The van der Waals surface area contributed by atoms with E-state index >= 15 is 0 Å². The molecule has 2 aliphatic heterocycles. The Morgan fingerprint density at radius 3 is 2.32 bits per heavy atom. The first kappa shape index (κ1) is 20.3. The Kier molecular flexibility index (Phi) is 5.44. The third-order valence-corrected chi connectivity index (χ3v) is 7.26. The number of imide groups is 1. The predicted molar refractivity (Wildman–Crippen MR) is 99.0 cm³/mol. The second kappa shape index (κ2) is 7.51. The van der Waals surface area contributed by atoms with Crippen LogP contribution in [0.2, 0.25) is 0 Å². The van der Waals surface area contributed by atoms with Gasteiger partial charge < -0.3 is 10.1 Å². The van der Waals surface area contributed by atoms with E-state index in [4.69, 9.17) is 4.74 Å². The first-order valence-electron chi connectivity index (χ1n) is 9.09. The Balaban J connectivity index is 1.69. The topological polar surface area (TPSA) is 122 Å². The van der Waals surface area contributed by atoms with Crippen molar-refractivity contribution in [2.24, 2.45) is 5.92 Å². The van der Waals surface area contributed by atoms with Crippen LogP contribution < -0.4 is 10.6 Å². The molecule has 152 valence electrons. The summed E-state index contributed by atoms with van der Waals surface area (Å²) in [6, 6.07) is 5.11. The molecule has 0 aromatic heterocycles. The average Bonchev–Trinajstić information content (AvgIpc) is 2.95. The lowest BCUT2D eigenvalue weighted by atomic mass is 9.79. The van der Waals surface area contributed by atoms with Gasteiger partial charge in [0.05, 0.1) is 17.1 Å². The first-order chi connectivity index (χ1) is 13.2. The molecule has 3 rings (SSSR count). The lowest BCUT2D eigenvalue weighted by molar-refractivity contribution is -0.125. The molecule has 9 nitrogen and oxygen atoms in total. The van der Waals surface area contributed by atoms with Crippen molar-refractivity contribution in [3.05, 3.63) is 29.8 Å². The predicted octanol–water partition coefficient (Wildman–Crippen LogP) is 0.862. The number of hydrogen-bond donors (Lipinski definition) is 2. The molecule has 0 radical (unpaired) electrons. The quantitative estimate of drug-likeness (QED) is 0.549. The van der Waals surface area contributed by atoms with Crippen LogP contribution in [0.5, 0.6) is 0 Å². The number of nitrogens with zero attached hydrogens (tertiary/aromatic N) is 1. The molecule has 0 spiro atoms. The van der Waals surface area contributed by atoms with Gasteiger partial charge in [0.15, 0.2) is 0 Å². The molecule has 10 heteroatoms. The highest BCUT2D eigenvalue weighted by Gasteiger charge is 2.49. The van der Waals surface area contributed by atoms with Crippen LogP contribution in [-0.4, -0.2) is 55.9 Å². The number of benzene rings is 1. The highest BCUT2D eigenvalue weighted by atomic mass is 32.2. The summed E-state index contributed by atoms with van der Waals surface area (Å²) >= 11 is 0. The molecule has 2 aliphatic rings. The number of piperidine rings is 1. The third kappa shape index (κ3) is 3.61. The summed E-state index contributed by atoms with van der Waals surface area (Å²) in [5, 5.41) is 4.89. The highest BCUT2D eigenvalue weighted by molar-refractivity contribution is 7.89. The summed E-state index contributed by atoms with van der Waals surface area (Å²) in [5.74, 6) is -1.04. The fourth-order valence-corrected chi connectivity index (χ4v) is 5.11. The van der Waals surface area contributed by atoms with Crippen LogP contribution in [-0.2, 0) is 19.6 Å². The number of rotatable bonds is 5. The zero-order valence-electron chi connectivity index (χ0n) is 15.7. The Morgan fingerprint density at radius 2 is 1.82 bits per heavy atom. The second-order valence-electron chi connectivity index (χ2n) is 7.03. The Labute approximate surface area is 163 Å². The van der Waals surface area contributed by atoms with Crippen LogP contribution in [0, 0.1) is 5.92 Å². The standard InChI is InChI=1S/C18H23N3O6S/c1-3-27-15(22)12-4-6-14(7-5-12)28(25,26)21-10-8-13(9-11-21)18(2)16(23)19-17(24)20-18/h4-7,13H,3,8-11H2,1-2H3,(H2,19,20,23,24)/t18-/m0/s1. The molecule has 2 saturated heterocycles. The van der Waals surface area contributed by atoms with Gasteiger partial charge in [-0.05, 0) is 56.9 Å². The largest absolute Gasteiger partial charge is 0.462 e. The summed E-state index contributed by atoms with van der Waals surface area (Å²) in [7, 11) is -3.71. The van der Waals surface area contributed by atoms with Crippen LogP contribution in [0.3, 0.4) is 0 Å². The molecule has 1 aromatic carbocycles. The maximum atomic E-state index is 12.9. The molecule has 0 saturated carbocycles. The van der Waals surface area contributed by atoms with Gasteiger partial charge in [-0.15, -0.1) is 0 Å². The minimum Gasteiger partial charge on any atom is -0.462 e. The van der Waals surface area contributed by atoms with E-state index in [1.165, 1.54) is 28.6 Å². The summed E-state index contributed by atoms with van der Waals surface area (Å²) in [6.07, 6.45) is 0.897.